The van der Waals surface area contributed by atoms with E-state index in [-0.39, 0.29) is 0 Å². The van der Waals surface area contributed by atoms with Crippen LogP contribution >= 0.6 is 0 Å². The number of para-hydroxylation sites is 3. The maximum atomic E-state index is 6.61. The average Bonchev–Trinajstić information content (AvgIpc) is 3.85. The molecule has 0 amide bonds. The van der Waals surface area contributed by atoms with Crippen LogP contribution in [-0.4, -0.2) is 4.57 Å². The molecule has 11 aromatic rings. The van der Waals surface area contributed by atoms with E-state index in [4.69, 9.17) is 8.83 Å². The molecule has 0 atom stereocenters. The number of furan rings is 2. The Morgan fingerprint density at radius 1 is 0.380 bits per heavy atom. The molecule has 0 N–H and O–H groups in total. The van der Waals surface area contributed by atoms with Crippen molar-refractivity contribution in [1.82, 2.24) is 4.57 Å². The first-order valence-electron chi connectivity index (χ1n) is 16.9. The molecule has 11 rings (SSSR count). The van der Waals surface area contributed by atoms with Crippen LogP contribution < -0.4 is 4.90 Å². The van der Waals surface area contributed by atoms with Crippen molar-refractivity contribution in [2.75, 3.05) is 4.90 Å². The van der Waals surface area contributed by atoms with Crippen molar-refractivity contribution in [3.8, 4) is 5.69 Å². The Bertz CT molecular complexity index is 3110. The van der Waals surface area contributed by atoms with Gasteiger partial charge in [-0.1, -0.05) is 91.0 Å². The number of hydrogen-bond acceptors (Lipinski definition) is 3. The van der Waals surface area contributed by atoms with Gasteiger partial charge in [0.05, 0.1) is 16.7 Å². The van der Waals surface area contributed by atoms with Crippen LogP contribution in [0.5, 0.6) is 0 Å². The van der Waals surface area contributed by atoms with Gasteiger partial charge in [-0.2, -0.15) is 0 Å². The SMILES string of the molecule is c1ccc(-n2c3ccccc3c3c(N(c4ccc5c(c4)oc4ccc6ccccc6c45)c4ccc5oc6ccccc6c5c4)cccc32)cc1. The van der Waals surface area contributed by atoms with Gasteiger partial charge in [-0.3, -0.25) is 0 Å². The second-order valence-corrected chi connectivity index (χ2v) is 12.9. The third kappa shape index (κ3) is 3.87. The van der Waals surface area contributed by atoms with Gasteiger partial charge in [0, 0.05) is 55.4 Å². The maximum Gasteiger partial charge on any atom is 0.137 e. The van der Waals surface area contributed by atoms with Gasteiger partial charge >= 0.3 is 0 Å². The third-order valence-electron chi connectivity index (χ3n) is 10.2. The second-order valence-electron chi connectivity index (χ2n) is 12.9. The number of fused-ring (bicyclic) bond motifs is 11. The van der Waals surface area contributed by atoms with Crippen LogP contribution in [0.3, 0.4) is 0 Å². The lowest BCUT2D eigenvalue weighted by Crippen LogP contribution is -2.10. The fourth-order valence-corrected chi connectivity index (χ4v) is 8.00. The van der Waals surface area contributed by atoms with Crippen molar-refractivity contribution in [3.05, 3.63) is 170 Å². The van der Waals surface area contributed by atoms with E-state index >= 15 is 0 Å². The van der Waals surface area contributed by atoms with Crippen LogP contribution in [0.1, 0.15) is 0 Å². The van der Waals surface area contributed by atoms with Gasteiger partial charge in [0.15, 0.2) is 0 Å². The summed E-state index contributed by atoms with van der Waals surface area (Å²) in [5.74, 6) is 0. The first-order valence-corrected chi connectivity index (χ1v) is 16.9. The molecule has 4 nitrogen and oxygen atoms in total. The van der Waals surface area contributed by atoms with Crippen molar-refractivity contribution in [1.29, 1.82) is 0 Å². The van der Waals surface area contributed by atoms with E-state index < -0.39 is 0 Å². The molecule has 0 radical (unpaired) electrons. The van der Waals surface area contributed by atoms with Crippen molar-refractivity contribution in [2.45, 2.75) is 0 Å². The van der Waals surface area contributed by atoms with E-state index in [1.54, 1.807) is 0 Å². The molecule has 50 heavy (non-hydrogen) atoms. The maximum absolute atomic E-state index is 6.61. The molecule has 0 saturated carbocycles. The number of nitrogens with zero attached hydrogens (tertiary/aromatic N) is 2. The molecular formula is C46H28N2O2. The Hall–Kier alpha value is -6.78. The second kappa shape index (κ2) is 10.4. The number of benzene rings is 8. The molecule has 0 aliphatic rings. The molecule has 4 heteroatoms. The molecule has 3 aromatic heterocycles. The van der Waals surface area contributed by atoms with Gasteiger partial charge < -0.3 is 18.3 Å². The lowest BCUT2D eigenvalue weighted by atomic mass is 10.0. The van der Waals surface area contributed by atoms with E-state index in [2.05, 4.69) is 167 Å². The van der Waals surface area contributed by atoms with Crippen LogP contribution in [0.4, 0.5) is 17.1 Å². The van der Waals surface area contributed by atoms with Crippen LogP contribution in [0.2, 0.25) is 0 Å². The van der Waals surface area contributed by atoms with Crippen LogP contribution in [0, 0.1) is 0 Å². The molecule has 3 heterocycles. The molecule has 0 aliphatic heterocycles. The summed E-state index contributed by atoms with van der Waals surface area (Å²) in [6, 6.07) is 60.1. The molecule has 0 unspecified atom stereocenters. The summed E-state index contributed by atoms with van der Waals surface area (Å²) < 4.78 is 15.2. The predicted molar refractivity (Wildman–Crippen MR) is 208 cm³/mol. The first kappa shape index (κ1) is 27.2. The van der Waals surface area contributed by atoms with E-state index in [1.807, 2.05) is 12.1 Å². The van der Waals surface area contributed by atoms with Gasteiger partial charge in [-0.25, -0.2) is 0 Å². The zero-order valence-corrected chi connectivity index (χ0v) is 26.9. The zero-order chi connectivity index (χ0) is 32.8. The molecule has 234 valence electrons. The fraction of sp³-hybridized carbons (Fsp3) is 0. The molecule has 8 aromatic carbocycles. The van der Waals surface area contributed by atoms with Crippen LogP contribution in [0.15, 0.2) is 179 Å². The minimum absolute atomic E-state index is 0.854. The Balaban J connectivity index is 1.22. The largest absolute Gasteiger partial charge is 0.456 e. The van der Waals surface area contributed by atoms with Gasteiger partial charge in [-0.15, -0.1) is 0 Å². The van der Waals surface area contributed by atoms with E-state index in [0.29, 0.717) is 0 Å². The third-order valence-corrected chi connectivity index (χ3v) is 10.2. The smallest absolute Gasteiger partial charge is 0.137 e. The standard InChI is InChI=1S/C46H28N2O2/c1-2-12-30(13-3-1)48-38-17-8-6-16-35(38)46-39(18-10-19-40(46)48)47(31-23-26-42-37(27-31)34-15-7-9-20-41(34)49-42)32-22-24-36-44(28-32)50-43-25-21-29-11-4-5-14-33(29)45(36)43/h1-28H. The summed E-state index contributed by atoms with van der Waals surface area (Å²) in [5, 5.41) is 9.21. The molecule has 0 fully saturated rings. The normalized spacial score (nSPS) is 12.0. The van der Waals surface area contributed by atoms with Crippen molar-refractivity contribution < 1.29 is 8.83 Å². The van der Waals surface area contributed by atoms with Crippen molar-refractivity contribution in [3.63, 3.8) is 0 Å². The Morgan fingerprint density at radius 2 is 1.06 bits per heavy atom. The first-order chi connectivity index (χ1) is 24.8. The van der Waals surface area contributed by atoms with Crippen molar-refractivity contribution in [2.24, 2.45) is 0 Å². The molecule has 0 spiro atoms. The quantitative estimate of drug-likeness (QED) is 0.192. The molecule has 0 bridgehead atoms. The van der Waals surface area contributed by atoms with Gasteiger partial charge in [0.25, 0.3) is 0 Å². The lowest BCUT2D eigenvalue weighted by Gasteiger charge is -2.26. The number of rotatable bonds is 4. The van der Waals surface area contributed by atoms with Crippen LogP contribution in [0.25, 0.3) is 82.1 Å². The number of aromatic nitrogens is 1. The van der Waals surface area contributed by atoms with Gasteiger partial charge in [0.2, 0.25) is 0 Å². The van der Waals surface area contributed by atoms with Gasteiger partial charge in [0.1, 0.15) is 22.3 Å². The molecule has 0 saturated heterocycles. The fourth-order valence-electron chi connectivity index (χ4n) is 8.00. The van der Waals surface area contributed by atoms with E-state index in [0.717, 1.165) is 77.7 Å². The summed E-state index contributed by atoms with van der Waals surface area (Å²) >= 11 is 0. The lowest BCUT2D eigenvalue weighted by molar-refractivity contribution is 0.668. The molecule has 0 aliphatic carbocycles. The van der Waals surface area contributed by atoms with Crippen molar-refractivity contribution >= 4 is 93.5 Å². The van der Waals surface area contributed by atoms with Gasteiger partial charge in [-0.05, 0) is 83.6 Å². The monoisotopic (exact) mass is 640 g/mol. The summed E-state index contributed by atoms with van der Waals surface area (Å²) in [4.78, 5) is 2.37. The summed E-state index contributed by atoms with van der Waals surface area (Å²) in [6.45, 7) is 0. The number of anilines is 3. The summed E-state index contributed by atoms with van der Waals surface area (Å²) in [5.41, 5.74) is 10.1. The minimum atomic E-state index is 0.854. The summed E-state index contributed by atoms with van der Waals surface area (Å²) in [7, 11) is 0. The summed E-state index contributed by atoms with van der Waals surface area (Å²) in [6.07, 6.45) is 0. The minimum Gasteiger partial charge on any atom is -0.456 e. The zero-order valence-electron chi connectivity index (χ0n) is 26.9. The number of hydrogen-bond donors (Lipinski definition) is 0. The van der Waals surface area contributed by atoms with E-state index in [9.17, 15) is 0 Å². The highest BCUT2D eigenvalue weighted by Gasteiger charge is 2.23. The topological polar surface area (TPSA) is 34.5 Å². The molecular weight excluding hydrogens is 613 g/mol. The Morgan fingerprint density at radius 3 is 1.98 bits per heavy atom. The highest BCUT2D eigenvalue weighted by molar-refractivity contribution is 6.20. The highest BCUT2D eigenvalue weighted by Crippen LogP contribution is 2.46. The van der Waals surface area contributed by atoms with E-state index in [1.165, 1.54) is 21.5 Å². The average molecular weight is 641 g/mol. The predicted octanol–water partition coefficient (Wildman–Crippen LogP) is 13.2. The van der Waals surface area contributed by atoms with Crippen LogP contribution in [-0.2, 0) is 0 Å². The Labute approximate surface area is 286 Å². The Kier molecular flexibility index (Phi) is 5.63. The highest BCUT2D eigenvalue weighted by atomic mass is 16.3.